The highest BCUT2D eigenvalue weighted by molar-refractivity contribution is 5.96. The van der Waals surface area contributed by atoms with E-state index < -0.39 is 42.1 Å². The van der Waals surface area contributed by atoms with Gasteiger partial charge >= 0.3 is 18.0 Å². The summed E-state index contributed by atoms with van der Waals surface area (Å²) in [6, 6.07) is 6.27. The van der Waals surface area contributed by atoms with Crippen LogP contribution in [-0.2, 0) is 20.7 Å². The minimum atomic E-state index is -1.05. The second-order valence-corrected chi connectivity index (χ2v) is 6.61. The van der Waals surface area contributed by atoms with E-state index in [2.05, 4.69) is 10.6 Å². The number of ether oxygens (including phenoxy) is 1. The maximum absolute atomic E-state index is 12.1. The lowest BCUT2D eigenvalue weighted by atomic mass is 10.1. The number of primary amides is 1. The lowest BCUT2D eigenvalue weighted by molar-refractivity contribution is -0.150. The largest absolute Gasteiger partial charge is 0.454 e. The Labute approximate surface area is 151 Å². The summed E-state index contributed by atoms with van der Waals surface area (Å²) in [6.45, 7) is 4.59. The van der Waals surface area contributed by atoms with Crippen LogP contribution in [0.3, 0.4) is 0 Å². The van der Waals surface area contributed by atoms with Crippen LogP contribution in [0.2, 0.25) is 0 Å². The van der Waals surface area contributed by atoms with Crippen molar-refractivity contribution < 1.29 is 23.9 Å². The van der Waals surface area contributed by atoms with Crippen LogP contribution in [-0.4, -0.2) is 42.1 Å². The molecule has 1 atom stereocenters. The highest BCUT2D eigenvalue weighted by Crippen LogP contribution is 2.05. The van der Waals surface area contributed by atoms with Gasteiger partial charge in [-0.25, -0.2) is 14.4 Å². The first-order valence-corrected chi connectivity index (χ1v) is 7.95. The van der Waals surface area contributed by atoms with Crippen molar-refractivity contribution >= 4 is 23.9 Å². The second-order valence-electron chi connectivity index (χ2n) is 6.61. The maximum atomic E-state index is 12.1. The van der Waals surface area contributed by atoms with Crippen molar-refractivity contribution in [2.75, 3.05) is 6.61 Å². The van der Waals surface area contributed by atoms with Crippen molar-refractivity contribution in [1.82, 2.24) is 16.0 Å². The van der Waals surface area contributed by atoms with Crippen molar-refractivity contribution in [3.8, 4) is 0 Å². The molecule has 5 N–H and O–H groups in total. The molecule has 9 nitrogen and oxygen atoms in total. The summed E-state index contributed by atoms with van der Waals surface area (Å²) in [6.07, 6.45) is 0.148. The molecule has 0 saturated carbocycles. The molecule has 1 aromatic carbocycles. The summed E-state index contributed by atoms with van der Waals surface area (Å²) in [4.78, 5) is 46.5. The average Bonchev–Trinajstić information content (AvgIpc) is 2.50. The van der Waals surface area contributed by atoms with Crippen LogP contribution in [0, 0.1) is 0 Å². The molecule has 0 heterocycles. The number of urea groups is 2. The van der Waals surface area contributed by atoms with Gasteiger partial charge in [-0.15, -0.1) is 0 Å². The van der Waals surface area contributed by atoms with E-state index in [-0.39, 0.29) is 6.42 Å². The van der Waals surface area contributed by atoms with Gasteiger partial charge in [-0.2, -0.15) is 0 Å². The zero-order chi connectivity index (χ0) is 19.7. The molecule has 0 unspecified atom stereocenters. The highest BCUT2D eigenvalue weighted by Gasteiger charge is 2.23. The van der Waals surface area contributed by atoms with E-state index in [9.17, 15) is 19.2 Å². The summed E-state index contributed by atoms with van der Waals surface area (Å²) in [5, 5.41) is 6.85. The van der Waals surface area contributed by atoms with Crippen molar-refractivity contribution in [1.29, 1.82) is 0 Å². The predicted octanol–water partition coefficient (Wildman–Crippen LogP) is 0.434. The number of hydrogen-bond acceptors (Lipinski definition) is 5. The summed E-state index contributed by atoms with van der Waals surface area (Å²) in [5.41, 5.74) is 5.33. The first kappa shape index (κ1) is 20.9. The summed E-state index contributed by atoms with van der Waals surface area (Å²) in [5.74, 6) is -1.63. The topological polar surface area (TPSA) is 140 Å². The SMILES string of the molecule is CC(C)(C)NC(=O)NC(=O)COC(=O)[C@H](Cc1ccccc1)NC(N)=O. The Morgan fingerprint density at radius 1 is 1.12 bits per heavy atom. The van der Waals surface area contributed by atoms with Crippen molar-refractivity contribution in [3.05, 3.63) is 35.9 Å². The molecule has 0 fully saturated rings. The Morgan fingerprint density at radius 3 is 2.27 bits per heavy atom. The third kappa shape index (κ3) is 8.67. The second kappa shape index (κ2) is 9.40. The molecule has 5 amide bonds. The molecule has 0 aromatic heterocycles. The molecule has 0 saturated heterocycles. The smallest absolute Gasteiger partial charge is 0.329 e. The number of carbonyl (C=O) groups is 4. The standard InChI is InChI=1S/C17H24N4O5/c1-17(2,3)21-16(25)20-13(22)10-26-14(23)12(19-15(18)24)9-11-7-5-4-6-8-11/h4-8,12H,9-10H2,1-3H3,(H3,18,19,24)(H2,20,21,22,25)/t12-/m0/s1. The fourth-order valence-corrected chi connectivity index (χ4v) is 1.99. The number of nitrogens with two attached hydrogens (primary N) is 1. The van der Waals surface area contributed by atoms with E-state index in [0.29, 0.717) is 0 Å². The van der Waals surface area contributed by atoms with Gasteiger partial charge in [0, 0.05) is 12.0 Å². The summed E-state index contributed by atoms with van der Waals surface area (Å²) >= 11 is 0. The van der Waals surface area contributed by atoms with Gasteiger partial charge in [0.05, 0.1) is 0 Å². The maximum Gasteiger partial charge on any atom is 0.329 e. The van der Waals surface area contributed by atoms with Gasteiger partial charge in [-0.05, 0) is 26.3 Å². The Morgan fingerprint density at radius 2 is 1.73 bits per heavy atom. The Hall–Kier alpha value is -3.10. The van der Waals surface area contributed by atoms with Crippen LogP contribution >= 0.6 is 0 Å². The number of hydrogen-bond donors (Lipinski definition) is 4. The van der Waals surface area contributed by atoms with Gasteiger partial charge in [0.25, 0.3) is 5.91 Å². The fraction of sp³-hybridized carbons (Fsp3) is 0.412. The van der Waals surface area contributed by atoms with Crippen LogP contribution in [0.15, 0.2) is 30.3 Å². The quantitative estimate of drug-likeness (QED) is 0.542. The molecule has 1 rings (SSSR count). The Kier molecular flexibility index (Phi) is 7.57. The minimum Gasteiger partial charge on any atom is -0.454 e. The van der Waals surface area contributed by atoms with Crippen LogP contribution in [0.1, 0.15) is 26.3 Å². The number of nitrogens with one attached hydrogen (secondary N) is 3. The average molecular weight is 364 g/mol. The molecule has 142 valence electrons. The fourth-order valence-electron chi connectivity index (χ4n) is 1.99. The lowest BCUT2D eigenvalue weighted by Crippen LogP contribution is -2.50. The molecule has 9 heteroatoms. The van der Waals surface area contributed by atoms with Crippen LogP contribution < -0.4 is 21.7 Å². The van der Waals surface area contributed by atoms with E-state index >= 15 is 0 Å². The molecule has 26 heavy (non-hydrogen) atoms. The van der Waals surface area contributed by atoms with Crippen molar-refractivity contribution in [2.45, 2.75) is 38.8 Å². The molecule has 1 aromatic rings. The van der Waals surface area contributed by atoms with Crippen molar-refractivity contribution in [2.24, 2.45) is 5.73 Å². The minimum absolute atomic E-state index is 0.148. The first-order valence-electron chi connectivity index (χ1n) is 7.95. The number of rotatable bonds is 6. The molecular weight excluding hydrogens is 340 g/mol. The zero-order valence-electron chi connectivity index (χ0n) is 15.0. The monoisotopic (exact) mass is 364 g/mol. The first-order chi connectivity index (χ1) is 12.1. The van der Waals surface area contributed by atoms with E-state index in [1.807, 2.05) is 11.4 Å². The summed E-state index contributed by atoms with van der Waals surface area (Å²) in [7, 11) is 0. The molecular formula is C17H24N4O5. The van der Waals surface area contributed by atoms with E-state index in [4.69, 9.17) is 10.5 Å². The molecule has 0 aliphatic carbocycles. The predicted molar refractivity (Wildman–Crippen MR) is 94.0 cm³/mol. The number of amides is 5. The molecule has 0 bridgehead atoms. The van der Waals surface area contributed by atoms with Gasteiger partial charge in [0.2, 0.25) is 0 Å². The molecule has 0 aliphatic rings. The number of carbonyl (C=O) groups excluding carboxylic acids is 4. The van der Waals surface area contributed by atoms with Gasteiger partial charge in [-0.3, -0.25) is 10.1 Å². The molecule has 0 spiro atoms. The number of imide groups is 1. The third-order valence-corrected chi connectivity index (χ3v) is 2.97. The van der Waals surface area contributed by atoms with Gasteiger partial charge in [0.1, 0.15) is 6.04 Å². The Balaban J connectivity index is 2.56. The summed E-state index contributed by atoms with van der Waals surface area (Å²) < 4.78 is 4.87. The van der Waals surface area contributed by atoms with Gasteiger partial charge in [-0.1, -0.05) is 30.3 Å². The van der Waals surface area contributed by atoms with Gasteiger partial charge < -0.3 is 21.1 Å². The van der Waals surface area contributed by atoms with Crippen LogP contribution in [0.5, 0.6) is 0 Å². The Bertz CT molecular complexity index is 655. The van der Waals surface area contributed by atoms with Crippen LogP contribution in [0.25, 0.3) is 0 Å². The van der Waals surface area contributed by atoms with E-state index in [0.717, 1.165) is 5.56 Å². The van der Waals surface area contributed by atoms with E-state index in [1.165, 1.54) is 0 Å². The third-order valence-electron chi connectivity index (χ3n) is 2.97. The molecule has 0 aliphatic heterocycles. The number of esters is 1. The lowest BCUT2D eigenvalue weighted by Gasteiger charge is -2.20. The number of benzene rings is 1. The zero-order valence-corrected chi connectivity index (χ0v) is 15.0. The van der Waals surface area contributed by atoms with Crippen molar-refractivity contribution in [3.63, 3.8) is 0 Å². The molecule has 0 radical (unpaired) electrons. The van der Waals surface area contributed by atoms with E-state index in [1.54, 1.807) is 45.0 Å². The van der Waals surface area contributed by atoms with Crippen LogP contribution in [0.4, 0.5) is 9.59 Å². The highest BCUT2D eigenvalue weighted by atomic mass is 16.5. The normalized spacial score (nSPS) is 11.8. The van der Waals surface area contributed by atoms with Gasteiger partial charge in [0.15, 0.2) is 6.61 Å².